The highest BCUT2D eigenvalue weighted by Gasteiger charge is 2.17. The standard InChI is InChI=1S/C32H39N3O2/c1-25-9-5-7-11-29(25)26-14-16-32(37-22-21-33(2)3)27(23-26)13-15-31(36)30-12-8-6-10-28(30)24-35-19-17-34(4)18-20-35/h5-16,23H,17-22,24H2,1-4H3. The first-order valence-electron chi connectivity index (χ1n) is 13.1. The molecule has 0 radical (unpaired) electrons. The molecule has 0 N–H and O–H groups in total. The SMILES string of the molecule is Cc1ccccc1-c1ccc(OCCN(C)C)c(C=CC(=O)c2ccccc2CN2CCN(C)CC2)c1. The Morgan fingerprint density at radius 1 is 0.973 bits per heavy atom. The van der Waals surface area contributed by atoms with E-state index in [-0.39, 0.29) is 5.78 Å². The third kappa shape index (κ3) is 7.39. The number of carbonyl (C=O) groups excluding carboxylic acids is 1. The van der Waals surface area contributed by atoms with Crippen molar-refractivity contribution in [3.8, 4) is 16.9 Å². The molecule has 37 heavy (non-hydrogen) atoms. The molecule has 0 bridgehead atoms. The molecule has 3 aromatic carbocycles. The van der Waals surface area contributed by atoms with Crippen molar-refractivity contribution in [2.75, 3.05) is 60.5 Å². The maximum Gasteiger partial charge on any atom is 0.186 e. The molecular weight excluding hydrogens is 458 g/mol. The Hall–Kier alpha value is -3.25. The maximum absolute atomic E-state index is 13.4. The van der Waals surface area contributed by atoms with Gasteiger partial charge in [-0.05, 0) is 74.6 Å². The summed E-state index contributed by atoms with van der Waals surface area (Å²) in [5.41, 5.74) is 6.26. The van der Waals surface area contributed by atoms with Crippen molar-refractivity contribution in [3.63, 3.8) is 0 Å². The minimum atomic E-state index is 0.0188. The van der Waals surface area contributed by atoms with E-state index in [4.69, 9.17) is 4.74 Å². The van der Waals surface area contributed by atoms with Crippen molar-refractivity contribution < 1.29 is 9.53 Å². The molecule has 0 saturated carbocycles. The quantitative estimate of drug-likeness (QED) is 0.283. The predicted molar refractivity (Wildman–Crippen MR) is 153 cm³/mol. The van der Waals surface area contributed by atoms with E-state index in [0.717, 1.165) is 67.3 Å². The number of hydrogen-bond donors (Lipinski definition) is 0. The number of likely N-dealkylation sites (N-methyl/N-ethyl adjacent to an activating group) is 2. The second-order valence-corrected chi connectivity index (χ2v) is 10.2. The van der Waals surface area contributed by atoms with Crippen LogP contribution >= 0.6 is 0 Å². The Morgan fingerprint density at radius 3 is 2.46 bits per heavy atom. The minimum Gasteiger partial charge on any atom is -0.492 e. The summed E-state index contributed by atoms with van der Waals surface area (Å²) < 4.78 is 6.13. The van der Waals surface area contributed by atoms with E-state index < -0.39 is 0 Å². The number of nitrogens with zero attached hydrogens (tertiary/aromatic N) is 3. The smallest absolute Gasteiger partial charge is 0.186 e. The molecule has 0 aliphatic carbocycles. The first-order valence-corrected chi connectivity index (χ1v) is 13.1. The Morgan fingerprint density at radius 2 is 1.70 bits per heavy atom. The third-order valence-electron chi connectivity index (χ3n) is 6.95. The zero-order chi connectivity index (χ0) is 26.2. The highest BCUT2D eigenvalue weighted by Crippen LogP contribution is 2.30. The molecule has 5 nitrogen and oxygen atoms in total. The van der Waals surface area contributed by atoms with Gasteiger partial charge < -0.3 is 14.5 Å². The summed E-state index contributed by atoms with van der Waals surface area (Å²) in [5, 5.41) is 0. The summed E-state index contributed by atoms with van der Waals surface area (Å²) in [6.07, 6.45) is 3.60. The topological polar surface area (TPSA) is 36.0 Å². The zero-order valence-electron chi connectivity index (χ0n) is 22.6. The number of allylic oxidation sites excluding steroid dienone is 1. The summed E-state index contributed by atoms with van der Waals surface area (Å²) >= 11 is 0. The van der Waals surface area contributed by atoms with Crippen LogP contribution in [0, 0.1) is 6.92 Å². The number of carbonyl (C=O) groups is 1. The summed E-state index contributed by atoms with van der Waals surface area (Å²) in [7, 11) is 6.22. The van der Waals surface area contributed by atoms with Gasteiger partial charge in [-0.2, -0.15) is 0 Å². The van der Waals surface area contributed by atoms with Crippen molar-refractivity contribution in [1.82, 2.24) is 14.7 Å². The number of piperazine rings is 1. The van der Waals surface area contributed by atoms with Crippen molar-refractivity contribution in [1.29, 1.82) is 0 Å². The van der Waals surface area contributed by atoms with Gasteiger partial charge in [-0.25, -0.2) is 0 Å². The van der Waals surface area contributed by atoms with E-state index in [9.17, 15) is 4.79 Å². The van der Waals surface area contributed by atoms with Crippen LogP contribution in [0.15, 0.2) is 72.8 Å². The molecule has 0 atom stereocenters. The number of benzene rings is 3. The second kappa shape index (κ2) is 12.8. The Kier molecular flexibility index (Phi) is 9.29. The lowest BCUT2D eigenvalue weighted by molar-refractivity contribution is 0.104. The van der Waals surface area contributed by atoms with E-state index in [0.29, 0.717) is 6.61 Å². The lowest BCUT2D eigenvalue weighted by Gasteiger charge is -2.32. The minimum absolute atomic E-state index is 0.0188. The molecule has 1 fully saturated rings. The summed E-state index contributed by atoms with van der Waals surface area (Å²) in [5.74, 6) is 0.805. The van der Waals surface area contributed by atoms with Crippen LogP contribution in [0.2, 0.25) is 0 Å². The number of rotatable bonds is 10. The average Bonchev–Trinajstić information content (AvgIpc) is 2.89. The molecule has 1 aliphatic heterocycles. The average molecular weight is 498 g/mol. The number of ether oxygens (including phenoxy) is 1. The van der Waals surface area contributed by atoms with E-state index in [2.05, 4.69) is 71.1 Å². The monoisotopic (exact) mass is 497 g/mol. The molecule has 1 saturated heterocycles. The Balaban J connectivity index is 1.58. The highest BCUT2D eigenvalue weighted by atomic mass is 16.5. The lowest BCUT2D eigenvalue weighted by Crippen LogP contribution is -2.44. The van der Waals surface area contributed by atoms with Gasteiger partial charge in [-0.15, -0.1) is 0 Å². The van der Waals surface area contributed by atoms with Crippen molar-refractivity contribution >= 4 is 11.9 Å². The molecule has 5 heteroatoms. The molecule has 4 rings (SSSR count). The van der Waals surface area contributed by atoms with Gasteiger partial charge in [0.1, 0.15) is 12.4 Å². The van der Waals surface area contributed by atoms with Crippen LogP contribution in [0.5, 0.6) is 5.75 Å². The van der Waals surface area contributed by atoms with Crippen LogP contribution in [0.1, 0.15) is 27.0 Å². The Bertz CT molecular complexity index is 1230. The van der Waals surface area contributed by atoms with Crippen LogP contribution in [-0.2, 0) is 6.54 Å². The number of hydrogen-bond acceptors (Lipinski definition) is 5. The summed E-state index contributed by atoms with van der Waals surface area (Å²) in [6.45, 7) is 8.48. The van der Waals surface area contributed by atoms with E-state index in [1.807, 2.05) is 44.4 Å². The third-order valence-corrected chi connectivity index (χ3v) is 6.95. The highest BCUT2D eigenvalue weighted by molar-refractivity contribution is 6.08. The predicted octanol–water partition coefficient (Wildman–Crippen LogP) is 5.25. The fourth-order valence-corrected chi connectivity index (χ4v) is 4.61. The van der Waals surface area contributed by atoms with E-state index in [1.54, 1.807) is 6.08 Å². The van der Waals surface area contributed by atoms with Gasteiger partial charge in [-0.3, -0.25) is 9.69 Å². The van der Waals surface area contributed by atoms with E-state index in [1.165, 1.54) is 11.1 Å². The van der Waals surface area contributed by atoms with Crippen LogP contribution in [0.25, 0.3) is 17.2 Å². The van der Waals surface area contributed by atoms with Gasteiger partial charge in [0.15, 0.2) is 5.78 Å². The fraction of sp³-hybridized carbons (Fsp3) is 0.344. The van der Waals surface area contributed by atoms with Gasteiger partial charge in [0, 0.05) is 50.4 Å². The largest absolute Gasteiger partial charge is 0.492 e. The zero-order valence-corrected chi connectivity index (χ0v) is 22.6. The molecule has 194 valence electrons. The lowest BCUT2D eigenvalue weighted by atomic mass is 9.97. The van der Waals surface area contributed by atoms with Gasteiger partial charge in [-0.1, -0.05) is 54.6 Å². The van der Waals surface area contributed by atoms with Crippen LogP contribution in [0.3, 0.4) is 0 Å². The van der Waals surface area contributed by atoms with Gasteiger partial charge in [0.05, 0.1) is 0 Å². The van der Waals surface area contributed by atoms with Crippen LogP contribution in [-0.4, -0.2) is 81.0 Å². The first kappa shape index (κ1) is 26.8. The van der Waals surface area contributed by atoms with E-state index >= 15 is 0 Å². The van der Waals surface area contributed by atoms with Crippen LogP contribution in [0.4, 0.5) is 0 Å². The van der Waals surface area contributed by atoms with Crippen LogP contribution < -0.4 is 4.74 Å². The maximum atomic E-state index is 13.4. The summed E-state index contributed by atoms with van der Waals surface area (Å²) in [6, 6.07) is 22.6. The van der Waals surface area contributed by atoms with Gasteiger partial charge >= 0.3 is 0 Å². The number of aryl methyl sites for hydroxylation is 1. The molecule has 0 amide bonds. The molecule has 1 heterocycles. The second-order valence-electron chi connectivity index (χ2n) is 10.2. The van der Waals surface area contributed by atoms with Crippen molar-refractivity contribution in [3.05, 3.63) is 95.1 Å². The molecular formula is C32H39N3O2. The van der Waals surface area contributed by atoms with Crippen molar-refractivity contribution in [2.24, 2.45) is 0 Å². The fourth-order valence-electron chi connectivity index (χ4n) is 4.61. The Labute approximate surface area is 222 Å². The molecule has 0 aromatic heterocycles. The molecule has 0 spiro atoms. The van der Waals surface area contributed by atoms with Gasteiger partial charge in [0.25, 0.3) is 0 Å². The molecule has 3 aromatic rings. The van der Waals surface area contributed by atoms with Gasteiger partial charge in [0.2, 0.25) is 0 Å². The summed E-state index contributed by atoms with van der Waals surface area (Å²) in [4.78, 5) is 20.3. The van der Waals surface area contributed by atoms with Crippen molar-refractivity contribution in [2.45, 2.75) is 13.5 Å². The number of ketones is 1. The molecule has 0 unspecified atom stereocenters. The normalized spacial score (nSPS) is 14.9. The molecule has 1 aliphatic rings. The first-order chi connectivity index (χ1) is 17.9.